The first-order chi connectivity index (χ1) is 8.61. The van der Waals surface area contributed by atoms with Crippen molar-refractivity contribution in [1.29, 1.82) is 5.26 Å². The van der Waals surface area contributed by atoms with E-state index in [2.05, 4.69) is 0 Å². The molecular formula is C13H13NO4. The highest BCUT2D eigenvalue weighted by atomic mass is 16.5. The summed E-state index contributed by atoms with van der Waals surface area (Å²) in [7, 11) is 0. The zero-order valence-corrected chi connectivity index (χ0v) is 9.97. The molecule has 5 nitrogen and oxygen atoms in total. The highest BCUT2D eigenvalue weighted by Gasteiger charge is 2.20. The van der Waals surface area contributed by atoms with E-state index < -0.39 is 11.9 Å². The molecule has 1 aromatic carbocycles. The maximum absolute atomic E-state index is 11.6. The van der Waals surface area contributed by atoms with Crippen molar-refractivity contribution in [1.82, 2.24) is 0 Å². The Bertz CT molecular complexity index is 502. The average molecular weight is 247 g/mol. The molecule has 0 radical (unpaired) electrons. The van der Waals surface area contributed by atoms with Gasteiger partial charge in [-0.3, -0.25) is 0 Å². The largest absolute Gasteiger partial charge is 0.478 e. The number of ether oxygens (including phenoxy) is 1. The summed E-state index contributed by atoms with van der Waals surface area (Å²) >= 11 is 0. The van der Waals surface area contributed by atoms with E-state index in [1.165, 1.54) is 6.07 Å². The van der Waals surface area contributed by atoms with Crippen LogP contribution in [0.3, 0.4) is 0 Å². The molecule has 0 atom stereocenters. The Morgan fingerprint density at radius 1 is 1.44 bits per heavy atom. The van der Waals surface area contributed by atoms with Gasteiger partial charge in [-0.05, 0) is 25.0 Å². The van der Waals surface area contributed by atoms with Crippen molar-refractivity contribution in [2.75, 3.05) is 6.61 Å². The number of rotatable bonds is 5. The van der Waals surface area contributed by atoms with E-state index in [0.29, 0.717) is 12.0 Å². The highest BCUT2D eigenvalue weighted by molar-refractivity contribution is 6.03. The third-order valence-corrected chi connectivity index (χ3v) is 2.37. The molecule has 0 amide bonds. The Morgan fingerprint density at radius 3 is 2.72 bits per heavy atom. The lowest BCUT2D eigenvalue weighted by Gasteiger charge is -2.09. The molecule has 1 N–H and O–H groups in total. The molecule has 0 heterocycles. The molecule has 18 heavy (non-hydrogen) atoms. The van der Waals surface area contributed by atoms with Crippen LogP contribution in [0, 0.1) is 11.3 Å². The molecule has 0 aliphatic rings. The first-order valence-electron chi connectivity index (χ1n) is 5.51. The van der Waals surface area contributed by atoms with E-state index >= 15 is 0 Å². The molecule has 1 aromatic rings. The molecule has 0 spiro atoms. The highest BCUT2D eigenvalue weighted by Crippen LogP contribution is 2.18. The lowest BCUT2D eigenvalue weighted by Crippen LogP contribution is -2.14. The fourth-order valence-electron chi connectivity index (χ4n) is 1.63. The number of aromatic carboxylic acids is 1. The number of nitriles is 1. The van der Waals surface area contributed by atoms with Crippen LogP contribution in [-0.2, 0) is 11.2 Å². The third kappa shape index (κ3) is 3.08. The van der Waals surface area contributed by atoms with Gasteiger partial charge in [0.2, 0.25) is 0 Å². The number of hydrogen-bond acceptors (Lipinski definition) is 4. The minimum Gasteiger partial charge on any atom is -0.478 e. The summed E-state index contributed by atoms with van der Waals surface area (Å²) < 4.78 is 4.81. The van der Waals surface area contributed by atoms with Crippen LogP contribution in [0.15, 0.2) is 18.2 Å². The average Bonchev–Trinajstić information content (AvgIpc) is 2.35. The molecular weight excluding hydrogens is 234 g/mol. The summed E-state index contributed by atoms with van der Waals surface area (Å²) in [6.07, 6.45) is 0.498. The van der Waals surface area contributed by atoms with Crippen molar-refractivity contribution in [3.63, 3.8) is 0 Å². The smallest absolute Gasteiger partial charge is 0.339 e. The van der Waals surface area contributed by atoms with Crippen molar-refractivity contribution in [2.24, 2.45) is 0 Å². The summed E-state index contributed by atoms with van der Waals surface area (Å²) in [5, 5.41) is 17.7. The number of esters is 1. The minimum atomic E-state index is -1.19. The van der Waals surface area contributed by atoms with E-state index in [1.807, 2.05) is 6.07 Å². The number of nitrogens with zero attached hydrogens (tertiary/aromatic N) is 1. The van der Waals surface area contributed by atoms with Crippen LogP contribution < -0.4 is 0 Å². The monoisotopic (exact) mass is 247 g/mol. The fourth-order valence-corrected chi connectivity index (χ4v) is 1.63. The van der Waals surface area contributed by atoms with Crippen LogP contribution in [0.2, 0.25) is 0 Å². The van der Waals surface area contributed by atoms with Crippen LogP contribution in [-0.4, -0.2) is 23.7 Å². The van der Waals surface area contributed by atoms with Gasteiger partial charge < -0.3 is 9.84 Å². The second-order valence-corrected chi connectivity index (χ2v) is 3.52. The van der Waals surface area contributed by atoms with Gasteiger partial charge in [0.05, 0.1) is 23.8 Å². The maximum Gasteiger partial charge on any atom is 0.339 e. The first-order valence-corrected chi connectivity index (χ1v) is 5.51. The quantitative estimate of drug-likeness (QED) is 0.804. The summed E-state index contributed by atoms with van der Waals surface area (Å²) in [5.74, 6) is -1.85. The van der Waals surface area contributed by atoms with Crippen LogP contribution >= 0.6 is 0 Å². The molecule has 0 saturated carbocycles. The molecule has 0 saturated heterocycles. The second-order valence-electron chi connectivity index (χ2n) is 3.52. The topological polar surface area (TPSA) is 87.4 Å². The molecule has 1 rings (SSSR count). The van der Waals surface area contributed by atoms with Crippen LogP contribution in [0.5, 0.6) is 0 Å². The number of aryl methyl sites for hydroxylation is 1. The number of benzene rings is 1. The molecule has 0 bridgehead atoms. The number of carbonyl (C=O) groups is 2. The zero-order chi connectivity index (χ0) is 13.5. The van der Waals surface area contributed by atoms with E-state index in [9.17, 15) is 14.7 Å². The summed E-state index contributed by atoms with van der Waals surface area (Å²) in [6.45, 7) is 1.83. The minimum absolute atomic E-state index is 0.0276. The van der Waals surface area contributed by atoms with E-state index in [1.54, 1.807) is 19.1 Å². The Morgan fingerprint density at radius 2 is 2.17 bits per heavy atom. The molecule has 0 unspecified atom stereocenters. The van der Waals surface area contributed by atoms with Crippen molar-refractivity contribution in [3.05, 3.63) is 34.9 Å². The molecule has 0 aliphatic heterocycles. The number of hydrogen-bond donors (Lipinski definition) is 1. The Labute approximate surface area is 105 Å². The van der Waals surface area contributed by atoms with E-state index in [0.717, 1.165) is 0 Å². The van der Waals surface area contributed by atoms with Gasteiger partial charge >= 0.3 is 11.9 Å². The standard InChI is InChI=1S/C13H13NO4/c1-2-18-13(17)10-7-3-5-9(6-4-8-14)11(10)12(15)16/h3,5,7H,2,4,6H2,1H3,(H,15,16). The molecule has 0 aliphatic carbocycles. The lowest BCUT2D eigenvalue weighted by atomic mass is 9.98. The van der Waals surface area contributed by atoms with Crippen molar-refractivity contribution >= 4 is 11.9 Å². The van der Waals surface area contributed by atoms with Crippen molar-refractivity contribution in [2.45, 2.75) is 19.8 Å². The molecule has 0 aromatic heterocycles. The van der Waals surface area contributed by atoms with Gasteiger partial charge in [-0.1, -0.05) is 12.1 Å². The van der Waals surface area contributed by atoms with Gasteiger partial charge in [-0.15, -0.1) is 0 Å². The Kier molecular flexibility index (Phi) is 4.88. The van der Waals surface area contributed by atoms with Gasteiger partial charge in [0.15, 0.2) is 0 Å². The molecule has 94 valence electrons. The summed E-state index contributed by atoms with van der Waals surface area (Å²) in [4.78, 5) is 22.9. The molecule has 5 heteroatoms. The van der Waals surface area contributed by atoms with E-state index in [-0.39, 0.29) is 24.2 Å². The SMILES string of the molecule is CCOC(=O)c1cccc(CCC#N)c1C(=O)O. The van der Waals surface area contributed by atoms with Gasteiger partial charge in [0.1, 0.15) is 0 Å². The van der Waals surface area contributed by atoms with Crippen molar-refractivity contribution in [3.8, 4) is 6.07 Å². The lowest BCUT2D eigenvalue weighted by molar-refractivity contribution is 0.0514. The number of carbonyl (C=O) groups excluding carboxylic acids is 1. The fraction of sp³-hybridized carbons (Fsp3) is 0.308. The van der Waals surface area contributed by atoms with Gasteiger partial charge in [0, 0.05) is 6.42 Å². The predicted octanol–water partition coefficient (Wildman–Crippen LogP) is 2.02. The normalized spacial score (nSPS) is 9.56. The van der Waals surface area contributed by atoms with Gasteiger partial charge in [-0.25, -0.2) is 9.59 Å². The predicted molar refractivity (Wildman–Crippen MR) is 63.3 cm³/mol. The number of carboxylic acids is 1. The van der Waals surface area contributed by atoms with Crippen molar-refractivity contribution < 1.29 is 19.4 Å². The van der Waals surface area contributed by atoms with Crippen LogP contribution in [0.25, 0.3) is 0 Å². The maximum atomic E-state index is 11.6. The Balaban J connectivity index is 3.22. The van der Waals surface area contributed by atoms with Crippen LogP contribution in [0.1, 0.15) is 39.6 Å². The van der Waals surface area contributed by atoms with Gasteiger partial charge in [-0.2, -0.15) is 5.26 Å². The second kappa shape index (κ2) is 6.40. The summed E-state index contributed by atoms with van der Waals surface area (Å²) in [6, 6.07) is 6.55. The van der Waals surface area contributed by atoms with Crippen LogP contribution in [0.4, 0.5) is 0 Å². The van der Waals surface area contributed by atoms with Gasteiger partial charge in [0.25, 0.3) is 0 Å². The first kappa shape index (κ1) is 13.7. The van der Waals surface area contributed by atoms with E-state index in [4.69, 9.17) is 10.00 Å². The Hall–Kier alpha value is -2.35. The number of carboxylic acid groups (broad SMARTS) is 1. The summed E-state index contributed by atoms with van der Waals surface area (Å²) in [5.41, 5.74) is 0.417. The third-order valence-electron chi connectivity index (χ3n) is 2.37. The molecule has 0 fully saturated rings. The zero-order valence-electron chi connectivity index (χ0n) is 9.97.